The van der Waals surface area contributed by atoms with Crippen molar-refractivity contribution >= 4 is 5.91 Å². The summed E-state index contributed by atoms with van der Waals surface area (Å²) in [6.45, 7) is 9.29. The van der Waals surface area contributed by atoms with E-state index in [1.165, 1.54) is 0 Å². The Balaban J connectivity index is 1.76. The molecule has 0 aliphatic carbocycles. The molecule has 0 saturated carbocycles. The van der Waals surface area contributed by atoms with Crippen LogP contribution in [0.15, 0.2) is 36.8 Å². The van der Waals surface area contributed by atoms with Gasteiger partial charge in [0.2, 0.25) is 5.91 Å². The maximum atomic E-state index is 12.0. The van der Waals surface area contributed by atoms with Crippen molar-refractivity contribution in [3.63, 3.8) is 0 Å². The molecule has 0 fully saturated rings. The molecule has 0 aliphatic heterocycles. The van der Waals surface area contributed by atoms with Gasteiger partial charge in [-0.05, 0) is 25.0 Å². The number of aromatic nitrogens is 2. The van der Waals surface area contributed by atoms with Crippen LogP contribution in [0, 0.1) is 6.92 Å². The summed E-state index contributed by atoms with van der Waals surface area (Å²) in [6.07, 6.45) is 4.44. The maximum Gasteiger partial charge on any atom is 0.220 e. The summed E-state index contributed by atoms with van der Waals surface area (Å²) in [5.41, 5.74) is 2.95. The lowest BCUT2D eigenvalue weighted by atomic mass is 9.89. The van der Waals surface area contributed by atoms with Crippen molar-refractivity contribution in [1.29, 1.82) is 0 Å². The highest BCUT2D eigenvalue weighted by Gasteiger charge is 2.19. The fourth-order valence-electron chi connectivity index (χ4n) is 2.58. The van der Waals surface area contributed by atoms with E-state index >= 15 is 0 Å². The van der Waals surface area contributed by atoms with E-state index in [9.17, 15) is 4.79 Å². The third kappa shape index (κ3) is 5.85. The van der Waals surface area contributed by atoms with Gasteiger partial charge in [0.25, 0.3) is 0 Å². The van der Waals surface area contributed by atoms with Crippen LogP contribution in [0.25, 0.3) is 0 Å². The van der Waals surface area contributed by atoms with Crippen molar-refractivity contribution < 1.29 is 9.53 Å². The van der Waals surface area contributed by atoms with Crippen LogP contribution in [0.3, 0.4) is 0 Å². The Kier molecular flexibility index (Phi) is 6.51. The number of para-hydroxylation sites is 1. The lowest BCUT2D eigenvalue weighted by molar-refractivity contribution is -0.121. The van der Waals surface area contributed by atoms with E-state index in [0.29, 0.717) is 26.0 Å². The van der Waals surface area contributed by atoms with Crippen molar-refractivity contribution in [3.05, 3.63) is 53.6 Å². The van der Waals surface area contributed by atoms with Crippen molar-refractivity contribution in [2.75, 3.05) is 6.61 Å². The minimum absolute atomic E-state index is 0.0112. The minimum atomic E-state index is -0.0790. The van der Waals surface area contributed by atoms with E-state index in [4.69, 9.17) is 4.74 Å². The first-order valence-corrected chi connectivity index (χ1v) is 8.62. The summed E-state index contributed by atoms with van der Waals surface area (Å²) in [5, 5.41) is 2.95. The molecule has 25 heavy (non-hydrogen) atoms. The average Bonchev–Trinajstić information content (AvgIpc) is 2.58. The Morgan fingerprint density at radius 2 is 2.00 bits per heavy atom. The highest BCUT2D eigenvalue weighted by Crippen LogP contribution is 2.22. The molecular formula is C20H27N3O2. The van der Waals surface area contributed by atoms with Crippen molar-refractivity contribution in [2.24, 2.45) is 0 Å². The molecule has 2 aromatic rings. The first-order chi connectivity index (χ1) is 11.9. The topological polar surface area (TPSA) is 64.1 Å². The van der Waals surface area contributed by atoms with Crippen molar-refractivity contribution in [2.45, 2.75) is 52.5 Å². The molecule has 0 aliphatic rings. The summed E-state index contributed by atoms with van der Waals surface area (Å²) >= 11 is 0. The van der Waals surface area contributed by atoms with Gasteiger partial charge in [-0.2, -0.15) is 0 Å². The number of carbonyl (C=O) groups excluding carboxylic acids is 1. The number of amides is 1. The number of rotatable bonds is 7. The number of carbonyl (C=O) groups is 1. The molecule has 0 bridgehead atoms. The number of hydrogen-bond acceptors (Lipinski definition) is 4. The summed E-state index contributed by atoms with van der Waals surface area (Å²) < 4.78 is 5.71. The summed E-state index contributed by atoms with van der Waals surface area (Å²) in [6, 6.07) is 7.88. The smallest absolute Gasteiger partial charge is 0.220 e. The zero-order chi connectivity index (χ0) is 18.3. The number of benzene rings is 1. The summed E-state index contributed by atoms with van der Waals surface area (Å²) in [4.78, 5) is 20.5. The van der Waals surface area contributed by atoms with Crippen LogP contribution in [0.5, 0.6) is 5.75 Å². The lowest BCUT2D eigenvalue weighted by Gasteiger charge is -2.21. The van der Waals surface area contributed by atoms with Crippen LogP contribution >= 0.6 is 0 Å². The molecular weight excluding hydrogens is 314 g/mol. The van der Waals surface area contributed by atoms with Gasteiger partial charge in [-0.1, -0.05) is 39.0 Å². The third-order valence-corrected chi connectivity index (χ3v) is 3.87. The molecule has 0 spiro atoms. The van der Waals surface area contributed by atoms with E-state index in [-0.39, 0.29) is 11.3 Å². The summed E-state index contributed by atoms with van der Waals surface area (Å²) in [5.74, 6) is 0.885. The highest BCUT2D eigenvalue weighted by molar-refractivity contribution is 5.75. The Morgan fingerprint density at radius 1 is 1.24 bits per heavy atom. The van der Waals surface area contributed by atoms with Gasteiger partial charge in [0.05, 0.1) is 12.3 Å². The molecule has 0 unspecified atom stereocenters. The van der Waals surface area contributed by atoms with Crippen LogP contribution < -0.4 is 10.1 Å². The molecule has 5 nitrogen and oxygen atoms in total. The minimum Gasteiger partial charge on any atom is -0.493 e. The zero-order valence-corrected chi connectivity index (χ0v) is 15.5. The quantitative estimate of drug-likeness (QED) is 0.782. The van der Waals surface area contributed by atoms with E-state index in [1.54, 1.807) is 12.5 Å². The molecule has 1 heterocycles. The van der Waals surface area contributed by atoms with Gasteiger partial charge in [-0.3, -0.25) is 4.79 Å². The molecule has 0 radical (unpaired) electrons. The molecule has 2 rings (SSSR count). The third-order valence-electron chi connectivity index (χ3n) is 3.87. The largest absolute Gasteiger partial charge is 0.493 e. The molecule has 134 valence electrons. The lowest BCUT2D eigenvalue weighted by Crippen LogP contribution is -2.26. The monoisotopic (exact) mass is 341 g/mol. The highest BCUT2D eigenvalue weighted by atomic mass is 16.5. The van der Waals surface area contributed by atoms with Gasteiger partial charge < -0.3 is 10.1 Å². The molecule has 1 N–H and O–H groups in total. The first kappa shape index (κ1) is 18.9. The van der Waals surface area contributed by atoms with Crippen LogP contribution in [-0.4, -0.2) is 22.5 Å². The Morgan fingerprint density at radius 3 is 2.72 bits per heavy atom. The number of ether oxygens (including phenoxy) is 1. The van der Waals surface area contributed by atoms with Crippen molar-refractivity contribution in [1.82, 2.24) is 15.3 Å². The Hall–Kier alpha value is -2.43. The van der Waals surface area contributed by atoms with Gasteiger partial charge in [-0.15, -0.1) is 0 Å². The van der Waals surface area contributed by atoms with Crippen LogP contribution in [0.4, 0.5) is 0 Å². The number of hydrogen-bond donors (Lipinski definition) is 1. The predicted octanol–water partition coefficient (Wildman–Crippen LogP) is 3.56. The number of nitrogens with zero attached hydrogens (tertiary/aromatic N) is 2. The van der Waals surface area contributed by atoms with Crippen LogP contribution in [0.2, 0.25) is 0 Å². The van der Waals surface area contributed by atoms with E-state index in [0.717, 1.165) is 22.6 Å². The first-order valence-electron chi connectivity index (χ1n) is 8.62. The fraction of sp³-hybridized carbons (Fsp3) is 0.450. The number of nitrogens with one attached hydrogen (secondary N) is 1. The van der Waals surface area contributed by atoms with Crippen molar-refractivity contribution in [3.8, 4) is 5.75 Å². The molecule has 5 heteroatoms. The standard InChI is InChI=1S/C20H27N3O2/c1-15-8-5-6-9-17(15)25-11-7-10-18(24)22-13-16-12-21-14-23-19(16)20(2,3)4/h5-6,8-9,12,14H,7,10-11,13H2,1-4H3,(H,22,24). The molecule has 0 saturated heterocycles. The summed E-state index contributed by atoms with van der Waals surface area (Å²) in [7, 11) is 0. The SMILES string of the molecule is Cc1ccccc1OCCCC(=O)NCc1cncnc1C(C)(C)C. The predicted molar refractivity (Wildman–Crippen MR) is 98.5 cm³/mol. The maximum absolute atomic E-state index is 12.0. The molecule has 1 aromatic heterocycles. The van der Waals surface area contributed by atoms with Gasteiger partial charge in [-0.25, -0.2) is 9.97 Å². The second-order valence-electron chi connectivity index (χ2n) is 7.14. The van der Waals surface area contributed by atoms with Gasteiger partial charge in [0.1, 0.15) is 12.1 Å². The van der Waals surface area contributed by atoms with E-state index in [2.05, 4.69) is 36.1 Å². The molecule has 0 atom stereocenters. The van der Waals surface area contributed by atoms with Crippen LogP contribution in [0.1, 0.15) is 50.4 Å². The van der Waals surface area contributed by atoms with E-state index < -0.39 is 0 Å². The van der Waals surface area contributed by atoms with Gasteiger partial charge in [0.15, 0.2) is 0 Å². The molecule has 1 amide bonds. The molecule has 1 aromatic carbocycles. The normalized spacial score (nSPS) is 11.2. The fourth-order valence-corrected chi connectivity index (χ4v) is 2.58. The van der Waals surface area contributed by atoms with E-state index in [1.807, 2.05) is 31.2 Å². The second-order valence-corrected chi connectivity index (χ2v) is 7.14. The zero-order valence-electron chi connectivity index (χ0n) is 15.5. The average molecular weight is 341 g/mol. The van der Waals surface area contributed by atoms with Gasteiger partial charge in [0, 0.05) is 30.1 Å². The Bertz CT molecular complexity index is 708. The van der Waals surface area contributed by atoms with Gasteiger partial charge >= 0.3 is 0 Å². The Labute approximate surface area is 149 Å². The number of aryl methyl sites for hydroxylation is 1. The van der Waals surface area contributed by atoms with Crippen LogP contribution in [-0.2, 0) is 16.8 Å². The second kappa shape index (κ2) is 8.60.